The SMILES string of the molecule is CCNc1nc(Sc2nccnc2C#N)nc2ccccc12. The lowest BCUT2D eigenvalue weighted by Gasteiger charge is -2.09. The Hall–Kier alpha value is -2.72. The molecule has 0 amide bonds. The first-order valence-corrected chi connectivity index (χ1v) is 7.53. The summed E-state index contributed by atoms with van der Waals surface area (Å²) in [4.78, 5) is 17.2. The summed E-state index contributed by atoms with van der Waals surface area (Å²) >= 11 is 1.24. The predicted molar refractivity (Wildman–Crippen MR) is 84.6 cm³/mol. The van der Waals surface area contributed by atoms with Crippen molar-refractivity contribution < 1.29 is 0 Å². The van der Waals surface area contributed by atoms with E-state index in [1.54, 1.807) is 6.20 Å². The molecule has 0 atom stereocenters. The molecule has 0 aliphatic heterocycles. The molecule has 108 valence electrons. The van der Waals surface area contributed by atoms with Crippen LogP contribution in [0.5, 0.6) is 0 Å². The molecule has 1 aromatic carbocycles. The summed E-state index contributed by atoms with van der Waals surface area (Å²) in [7, 11) is 0. The molecule has 0 aliphatic carbocycles. The van der Waals surface area contributed by atoms with Crippen molar-refractivity contribution in [1.82, 2.24) is 19.9 Å². The Bertz CT molecular complexity index is 858. The van der Waals surface area contributed by atoms with E-state index in [-0.39, 0.29) is 5.69 Å². The molecular weight excluding hydrogens is 296 g/mol. The van der Waals surface area contributed by atoms with E-state index in [4.69, 9.17) is 5.26 Å². The van der Waals surface area contributed by atoms with E-state index in [0.717, 1.165) is 23.3 Å². The first kappa shape index (κ1) is 14.2. The summed E-state index contributed by atoms with van der Waals surface area (Å²) in [5.74, 6) is 0.776. The van der Waals surface area contributed by atoms with Crippen LogP contribution in [0, 0.1) is 11.3 Å². The smallest absolute Gasteiger partial charge is 0.196 e. The maximum absolute atomic E-state index is 9.09. The highest BCUT2D eigenvalue weighted by Crippen LogP contribution is 2.28. The number of hydrogen-bond acceptors (Lipinski definition) is 7. The maximum Gasteiger partial charge on any atom is 0.196 e. The van der Waals surface area contributed by atoms with Gasteiger partial charge in [-0.1, -0.05) is 12.1 Å². The molecule has 1 N–H and O–H groups in total. The second kappa shape index (κ2) is 6.37. The van der Waals surface area contributed by atoms with Crippen LogP contribution < -0.4 is 5.32 Å². The number of fused-ring (bicyclic) bond motifs is 1. The Kier molecular flexibility index (Phi) is 4.12. The van der Waals surface area contributed by atoms with E-state index in [9.17, 15) is 0 Å². The molecule has 6 nitrogen and oxygen atoms in total. The molecule has 0 saturated heterocycles. The van der Waals surface area contributed by atoms with Crippen LogP contribution >= 0.6 is 11.8 Å². The lowest BCUT2D eigenvalue weighted by atomic mass is 10.2. The fourth-order valence-electron chi connectivity index (χ4n) is 1.97. The number of benzene rings is 1. The van der Waals surface area contributed by atoms with E-state index in [0.29, 0.717) is 10.2 Å². The molecular formula is C15H12N6S. The molecule has 3 aromatic rings. The third-order valence-corrected chi connectivity index (χ3v) is 3.74. The molecule has 2 aromatic heterocycles. The van der Waals surface area contributed by atoms with Crippen LogP contribution in [0.25, 0.3) is 10.9 Å². The zero-order chi connectivity index (χ0) is 15.4. The van der Waals surface area contributed by atoms with Crippen molar-refractivity contribution in [3.05, 3.63) is 42.4 Å². The van der Waals surface area contributed by atoms with Crippen LogP contribution in [0.2, 0.25) is 0 Å². The number of para-hydroxylation sites is 1. The van der Waals surface area contributed by atoms with Crippen molar-refractivity contribution in [3.8, 4) is 6.07 Å². The summed E-state index contributed by atoms with van der Waals surface area (Å²) in [6.07, 6.45) is 3.04. The predicted octanol–water partition coefficient (Wildman–Crippen LogP) is 2.87. The molecule has 0 fully saturated rings. The van der Waals surface area contributed by atoms with Gasteiger partial charge in [-0.2, -0.15) is 5.26 Å². The summed E-state index contributed by atoms with van der Waals surface area (Å²) in [5, 5.41) is 14.3. The molecule has 2 heterocycles. The summed E-state index contributed by atoms with van der Waals surface area (Å²) < 4.78 is 0. The number of nitrogens with one attached hydrogen (secondary N) is 1. The van der Waals surface area contributed by atoms with Gasteiger partial charge in [-0.25, -0.2) is 19.9 Å². The minimum atomic E-state index is 0.272. The van der Waals surface area contributed by atoms with E-state index >= 15 is 0 Å². The van der Waals surface area contributed by atoms with Crippen LogP contribution in [-0.2, 0) is 0 Å². The van der Waals surface area contributed by atoms with Crippen LogP contribution in [-0.4, -0.2) is 26.5 Å². The summed E-state index contributed by atoms with van der Waals surface area (Å²) in [6, 6.07) is 9.83. The van der Waals surface area contributed by atoms with Crippen molar-refractivity contribution >= 4 is 28.5 Å². The first-order chi connectivity index (χ1) is 10.8. The van der Waals surface area contributed by atoms with Crippen LogP contribution in [0.15, 0.2) is 46.8 Å². The molecule has 0 unspecified atom stereocenters. The van der Waals surface area contributed by atoms with Crippen molar-refractivity contribution in [2.75, 3.05) is 11.9 Å². The zero-order valence-corrected chi connectivity index (χ0v) is 12.6. The third-order valence-electron chi connectivity index (χ3n) is 2.89. The lowest BCUT2D eigenvalue weighted by molar-refractivity contribution is 0.970. The fourth-order valence-corrected chi connectivity index (χ4v) is 2.73. The topological polar surface area (TPSA) is 87.4 Å². The summed E-state index contributed by atoms with van der Waals surface area (Å²) in [6.45, 7) is 2.78. The second-order valence-electron chi connectivity index (χ2n) is 4.33. The number of nitriles is 1. The largest absolute Gasteiger partial charge is 0.370 e. The van der Waals surface area contributed by atoms with Gasteiger partial charge in [-0.05, 0) is 30.8 Å². The van der Waals surface area contributed by atoms with Gasteiger partial charge in [0.05, 0.1) is 5.52 Å². The Morgan fingerprint density at radius 3 is 2.82 bits per heavy atom. The minimum absolute atomic E-state index is 0.272. The van der Waals surface area contributed by atoms with Crippen LogP contribution in [0.4, 0.5) is 5.82 Å². The van der Waals surface area contributed by atoms with Crippen LogP contribution in [0.1, 0.15) is 12.6 Å². The number of anilines is 1. The van der Waals surface area contributed by atoms with Gasteiger partial charge in [0.25, 0.3) is 0 Å². The summed E-state index contributed by atoms with van der Waals surface area (Å²) in [5.41, 5.74) is 1.12. The quantitative estimate of drug-likeness (QED) is 0.741. The van der Waals surface area contributed by atoms with Crippen molar-refractivity contribution in [3.63, 3.8) is 0 Å². The van der Waals surface area contributed by atoms with Gasteiger partial charge in [-0.15, -0.1) is 0 Å². The minimum Gasteiger partial charge on any atom is -0.370 e. The normalized spacial score (nSPS) is 10.4. The van der Waals surface area contributed by atoms with Gasteiger partial charge in [0.1, 0.15) is 16.9 Å². The number of nitrogens with zero attached hydrogens (tertiary/aromatic N) is 5. The average Bonchev–Trinajstić information content (AvgIpc) is 2.56. The van der Waals surface area contributed by atoms with Crippen molar-refractivity contribution in [2.24, 2.45) is 0 Å². The molecule has 0 bridgehead atoms. The standard InChI is InChI=1S/C15H12N6S/c1-2-17-13-10-5-3-4-6-11(10)20-15(21-13)22-14-12(9-16)18-7-8-19-14/h3-8H,2H2,1H3,(H,17,20,21). The highest BCUT2D eigenvalue weighted by atomic mass is 32.2. The van der Waals surface area contributed by atoms with Gasteiger partial charge in [-0.3, -0.25) is 0 Å². The number of hydrogen-bond donors (Lipinski definition) is 1. The van der Waals surface area contributed by atoms with E-state index in [2.05, 4.69) is 25.3 Å². The lowest BCUT2D eigenvalue weighted by Crippen LogP contribution is -2.02. The van der Waals surface area contributed by atoms with E-state index < -0.39 is 0 Å². The van der Waals surface area contributed by atoms with Gasteiger partial charge >= 0.3 is 0 Å². The Morgan fingerprint density at radius 1 is 1.18 bits per heavy atom. The van der Waals surface area contributed by atoms with Gasteiger partial charge in [0, 0.05) is 24.3 Å². The number of aromatic nitrogens is 4. The second-order valence-corrected chi connectivity index (χ2v) is 5.28. The Balaban J connectivity index is 2.06. The number of rotatable bonds is 4. The van der Waals surface area contributed by atoms with E-state index in [1.807, 2.05) is 37.3 Å². The Labute approximate surface area is 131 Å². The molecule has 3 rings (SSSR count). The van der Waals surface area contributed by atoms with Gasteiger partial charge < -0.3 is 5.32 Å². The molecule has 22 heavy (non-hydrogen) atoms. The first-order valence-electron chi connectivity index (χ1n) is 6.71. The third kappa shape index (κ3) is 2.82. The Morgan fingerprint density at radius 2 is 2.00 bits per heavy atom. The van der Waals surface area contributed by atoms with E-state index in [1.165, 1.54) is 18.0 Å². The maximum atomic E-state index is 9.09. The monoisotopic (exact) mass is 308 g/mol. The van der Waals surface area contributed by atoms with Crippen LogP contribution in [0.3, 0.4) is 0 Å². The van der Waals surface area contributed by atoms with Crippen molar-refractivity contribution in [1.29, 1.82) is 5.26 Å². The molecule has 7 heteroatoms. The zero-order valence-electron chi connectivity index (χ0n) is 11.8. The fraction of sp³-hybridized carbons (Fsp3) is 0.133. The molecule has 0 spiro atoms. The molecule has 0 radical (unpaired) electrons. The van der Waals surface area contributed by atoms with Crippen molar-refractivity contribution in [2.45, 2.75) is 17.1 Å². The molecule has 0 saturated carbocycles. The molecule has 0 aliphatic rings. The van der Waals surface area contributed by atoms with Gasteiger partial charge in [0.15, 0.2) is 10.9 Å². The van der Waals surface area contributed by atoms with Gasteiger partial charge in [0.2, 0.25) is 0 Å². The average molecular weight is 308 g/mol. The highest BCUT2D eigenvalue weighted by molar-refractivity contribution is 7.99. The highest BCUT2D eigenvalue weighted by Gasteiger charge is 2.12.